The zero-order chi connectivity index (χ0) is 39.4. The van der Waals surface area contributed by atoms with Crippen molar-refractivity contribution in [2.45, 2.75) is 42.9 Å². The zero-order valence-electron chi connectivity index (χ0n) is 33.5. The number of anilines is 3. The number of nitrogens with zero attached hydrogens (tertiary/aromatic N) is 2. The maximum atomic E-state index is 5.26. The maximum absolute atomic E-state index is 5.26. The first kappa shape index (κ1) is 34.6. The fraction of sp³-hybridized carbons (Fsp3) is 0.175. The van der Waals surface area contributed by atoms with Gasteiger partial charge in [-0.2, -0.15) is 0 Å². The minimum Gasteiger partial charge on any atom is -0.295 e. The van der Waals surface area contributed by atoms with Gasteiger partial charge in [0.1, 0.15) is 5.82 Å². The smallest absolute Gasteiger partial charge is 0.138 e. The summed E-state index contributed by atoms with van der Waals surface area (Å²) in [6.45, 7) is 0. The molecule has 2 nitrogen and oxygen atoms in total. The third-order valence-corrected chi connectivity index (χ3v) is 16.2. The van der Waals surface area contributed by atoms with Crippen LogP contribution >= 0.6 is 11.3 Å². The van der Waals surface area contributed by atoms with E-state index in [2.05, 4.69) is 193 Å². The van der Waals surface area contributed by atoms with E-state index in [4.69, 9.17) is 4.98 Å². The lowest BCUT2D eigenvalue weighted by Gasteiger charge is -2.34. The van der Waals surface area contributed by atoms with Crippen LogP contribution in [0.15, 0.2) is 188 Å². The molecule has 2 unspecified atom stereocenters. The van der Waals surface area contributed by atoms with Gasteiger partial charge in [0, 0.05) is 37.7 Å². The van der Waals surface area contributed by atoms with Crippen LogP contribution in [0.3, 0.4) is 0 Å². The van der Waals surface area contributed by atoms with Crippen molar-refractivity contribution in [2.24, 2.45) is 17.8 Å². The minimum atomic E-state index is -0.494. The van der Waals surface area contributed by atoms with Crippen LogP contribution in [0.2, 0.25) is 0 Å². The second-order valence-corrected chi connectivity index (χ2v) is 19.1. The Morgan fingerprint density at radius 1 is 0.483 bits per heavy atom. The lowest BCUT2D eigenvalue weighted by molar-refractivity contribution is 0.266. The summed E-state index contributed by atoms with van der Waals surface area (Å²) in [6, 6.07) is 68.1. The van der Waals surface area contributed by atoms with E-state index in [1.54, 1.807) is 5.56 Å². The SMILES string of the molecule is c1ccc(C2(c3ccccc3)c3ccccc3-c3ccc(N(c4ccc(-c5ccc(C67CC8CC(CC6C8)C7)cc5)cc4)c4cc5sc6ccccc6c5cn4)cc32)cc1. The zero-order valence-corrected chi connectivity index (χ0v) is 34.3. The number of fused-ring (bicyclic) bond motifs is 6. The van der Waals surface area contributed by atoms with Crippen LogP contribution in [-0.2, 0) is 10.8 Å². The Hall–Kier alpha value is -6.29. The van der Waals surface area contributed by atoms with Crippen molar-refractivity contribution in [2.75, 3.05) is 4.90 Å². The topological polar surface area (TPSA) is 16.1 Å². The molecule has 0 spiro atoms. The number of benzene rings is 7. The van der Waals surface area contributed by atoms with Crippen LogP contribution in [-0.4, -0.2) is 4.98 Å². The second-order valence-electron chi connectivity index (χ2n) is 18.1. The van der Waals surface area contributed by atoms with Crippen molar-refractivity contribution < 1.29 is 0 Å². The van der Waals surface area contributed by atoms with E-state index >= 15 is 0 Å². The molecule has 9 aromatic rings. The van der Waals surface area contributed by atoms with E-state index in [0.29, 0.717) is 5.41 Å². The first-order valence-corrected chi connectivity index (χ1v) is 22.6. The highest BCUT2D eigenvalue weighted by molar-refractivity contribution is 7.25. The number of rotatable bonds is 7. The summed E-state index contributed by atoms with van der Waals surface area (Å²) < 4.78 is 2.52. The van der Waals surface area contributed by atoms with Gasteiger partial charge in [0.2, 0.25) is 0 Å². The Labute approximate surface area is 355 Å². The van der Waals surface area contributed by atoms with Crippen molar-refractivity contribution >= 4 is 48.7 Å². The third kappa shape index (κ3) is 4.96. The summed E-state index contributed by atoms with van der Waals surface area (Å²) in [4.78, 5) is 7.63. The molecule has 60 heavy (non-hydrogen) atoms. The van der Waals surface area contributed by atoms with E-state index in [0.717, 1.165) is 34.9 Å². The lowest BCUT2D eigenvalue weighted by Crippen LogP contribution is -2.28. The monoisotopic (exact) mass is 788 g/mol. The average molecular weight is 789 g/mol. The summed E-state index contributed by atoms with van der Waals surface area (Å²) >= 11 is 1.84. The largest absolute Gasteiger partial charge is 0.295 e. The van der Waals surface area contributed by atoms with E-state index in [1.165, 1.54) is 96.8 Å². The van der Waals surface area contributed by atoms with E-state index < -0.39 is 5.41 Å². The average Bonchev–Trinajstić information content (AvgIpc) is 3.99. The van der Waals surface area contributed by atoms with Crippen LogP contribution in [0.4, 0.5) is 17.2 Å². The molecule has 0 N–H and O–H groups in total. The van der Waals surface area contributed by atoms with Crippen LogP contribution in [0.25, 0.3) is 42.4 Å². The van der Waals surface area contributed by atoms with Gasteiger partial charge in [-0.15, -0.1) is 11.3 Å². The van der Waals surface area contributed by atoms with Crippen LogP contribution in [0.5, 0.6) is 0 Å². The van der Waals surface area contributed by atoms with Crippen molar-refractivity contribution in [3.8, 4) is 22.3 Å². The van der Waals surface area contributed by atoms with Gasteiger partial charge in [-0.1, -0.05) is 146 Å². The molecule has 4 bridgehead atoms. The highest BCUT2D eigenvalue weighted by Crippen LogP contribution is 2.66. The van der Waals surface area contributed by atoms with Gasteiger partial charge in [-0.05, 0) is 142 Å². The highest BCUT2D eigenvalue weighted by atomic mass is 32.1. The normalized spacial score (nSPS) is 21.7. The molecule has 0 saturated heterocycles. The van der Waals surface area contributed by atoms with E-state index in [-0.39, 0.29) is 0 Å². The van der Waals surface area contributed by atoms with Crippen molar-refractivity contribution in [1.82, 2.24) is 4.98 Å². The van der Waals surface area contributed by atoms with Gasteiger partial charge in [0.25, 0.3) is 0 Å². The van der Waals surface area contributed by atoms with Gasteiger partial charge in [0.15, 0.2) is 0 Å². The molecule has 0 amide bonds. The molecule has 0 aliphatic heterocycles. The lowest BCUT2D eigenvalue weighted by atomic mass is 9.67. The Balaban J connectivity index is 0.959. The van der Waals surface area contributed by atoms with Crippen molar-refractivity contribution in [3.05, 3.63) is 216 Å². The van der Waals surface area contributed by atoms with Gasteiger partial charge in [0.05, 0.1) is 5.41 Å². The Morgan fingerprint density at radius 2 is 1.10 bits per heavy atom. The van der Waals surface area contributed by atoms with Gasteiger partial charge in [-0.25, -0.2) is 4.98 Å². The fourth-order valence-corrected chi connectivity index (χ4v) is 13.9. The molecule has 7 aromatic carbocycles. The summed E-state index contributed by atoms with van der Waals surface area (Å²) in [7, 11) is 0. The first-order valence-electron chi connectivity index (χ1n) is 21.8. The molecule has 288 valence electrons. The van der Waals surface area contributed by atoms with Gasteiger partial charge in [-0.3, -0.25) is 4.90 Å². The van der Waals surface area contributed by atoms with Gasteiger partial charge >= 0.3 is 0 Å². The van der Waals surface area contributed by atoms with E-state index in [9.17, 15) is 0 Å². The standard InChI is InChI=1S/C57H44N2S/c1-3-11-42(12-4-1)57(43-13-5-2-6-14-43)51-17-9-7-15-47(51)48-28-27-46(32-52(48)57)59(55-33-54-50(36-58-55)49-16-8-10-18-53(49)60-54)45-25-21-40(22-26-45)39-19-23-41(24-20-39)56-34-37-29-38(35-56)31-44(56)30-37/h1-28,32-33,36-38,44H,29-31,34-35H2. The van der Waals surface area contributed by atoms with Crippen LogP contribution in [0, 0.1) is 17.8 Å². The molecule has 4 saturated carbocycles. The van der Waals surface area contributed by atoms with Crippen molar-refractivity contribution in [1.29, 1.82) is 0 Å². The predicted octanol–water partition coefficient (Wildman–Crippen LogP) is 15.0. The Morgan fingerprint density at radius 3 is 1.83 bits per heavy atom. The molecule has 4 fully saturated rings. The highest BCUT2D eigenvalue weighted by Gasteiger charge is 2.58. The Bertz CT molecular complexity index is 3040. The second kappa shape index (κ2) is 13.1. The number of pyridine rings is 1. The molecule has 3 heteroatoms. The minimum absolute atomic E-state index is 0.439. The van der Waals surface area contributed by atoms with Gasteiger partial charge < -0.3 is 0 Å². The molecule has 14 rings (SSSR count). The number of hydrogen-bond acceptors (Lipinski definition) is 3. The number of hydrogen-bond donors (Lipinski definition) is 0. The molecular formula is C57H44N2S. The number of thiophene rings is 1. The third-order valence-electron chi connectivity index (χ3n) is 15.1. The fourth-order valence-electron chi connectivity index (χ4n) is 12.8. The molecule has 2 heterocycles. The molecule has 5 aliphatic carbocycles. The summed E-state index contributed by atoms with van der Waals surface area (Å²) in [5.74, 6) is 3.73. The van der Waals surface area contributed by atoms with Crippen molar-refractivity contribution in [3.63, 3.8) is 0 Å². The molecule has 2 atom stereocenters. The van der Waals surface area contributed by atoms with Crippen LogP contribution < -0.4 is 4.90 Å². The quantitative estimate of drug-likeness (QED) is 0.160. The Kier molecular flexibility index (Phi) is 7.55. The summed E-state index contributed by atoms with van der Waals surface area (Å²) in [5.41, 5.74) is 13.9. The number of aromatic nitrogens is 1. The molecule has 0 radical (unpaired) electrons. The molecular weight excluding hydrogens is 745 g/mol. The summed E-state index contributed by atoms with van der Waals surface area (Å²) in [6.07, 6.45) is 9.29. The molecule has 5 aliphatic rings. The predicted molar refractivity (Wildman–Crippen MR) is 250 cm³/mol. The van der Waals surface area contributed by atoms with Crippen LogP contribution in [0.1, 0.15) is 59.9 Å². The van der Waals surface area contributed by atoms with E-state index in [1.807, 2.05) is 11.3 Å². The first-order chi connectivity index (χ1) is 29.7. The maximum Gasteiger partial charge on any atom is 0.138 e. The molecule has 2 aromatic heterocycles. The summed E-state index contributed by atoms with van der Waals surface area (Å²) in [5, 5.41) is 2.46.